The normalized spacial score (nSPS) is 25.3. The molecule has 3 heterocycles. The van der Waals surface area contributed by atoms with Gasteiger partial charge in [-0.05, 0) is 81.8 Å². The van der Waals surface area contributed by atoms with E-state index in [-0.39, 0.29) is 37.4 Å². The summed E-state index contributed by atoms with van der Waals surface area (Å²) in [7, 11) is 0. The topological polar surface area (TPSA) is 99.6 Å². The summed E-state index contributed by atoms with van der Waals surface area (Å²) in [5.41, 5.74) is -0.0362. The first-order valence-electron chi connectivity index (χ1n) is 17.6. The molecule has 5 rings (SSSR count). The van der Waals surface area contributed by atoms with Crippen LogP contribution >= 0.6 is 11.6 Å². The molecule has 2 unspecified atom stereocenters. The van der Waals surface area contributed by atoms with Gasteiger partial charge in [-0.1, -0.05) is 55.7 Å². The van der Waals surface area contributed by atoms with E-state index in [0.717, 1.165) is 18.4 Å². The average Bonchev–Trinajstić information content (AvgIpc) is 3.70. The molecule has 1 spiro atoms. The highest BCUT2D eigenvalue weighted by molar-refractivity contribution is 6.34. The van der Waals surface area contributed by atoms with Crippen LogP contribution < -0.4 is 14.5 Å². The summed E-state index contributed by atoms with van der Waals surface area (Å²) in [6, 6.07) is 11.9. The second-order valence-electron chi connectivity index (χ2n) is 13.3. The van der Waals surface area contributed by atoms with Crippen molar-refractivity contribution in [2.45, 2.75) is 83.0 Å². The van der Waals surface area contributed by atoms with Crippen molar-refractivity contribution in [1.29, 1.82) is 0 Å². The number of fused-ring (bicyclic) bond motifs is 1. The van der Waals surface area contributed by atoms with Crippen molar-refractivity contribution in [1.82, 2.24) is 4.90 Å². The number of ether oxygens (including phenoxy) is 2. The number of benzene rings is 2. The zero-order chi connectivity index (χ0) is 35.3. The molecule has 49 heavy (non-hydrogen) atoms. The van der Waals surface area contributed by atoms with E-state index in [1.807, 2.05) is 57.2 Å². The fourth-order valence-corrected chi connectivity index (χ4v) is 8.73. The van der Waals surface area contributed by atoms with Gasteiger partial charge < -0.3 is 29.3 Å². The molecule has 1 N–H and O–H groups in total. The molecule has 3 aliphatic heterocycles. The molecule has 0 aliphatic carbocycles. The lowest BCUT2D eigenvalue weighted by Gasteiger charge is -2.37. The van der Waals surface area contributed by atoms with Crippen LogP contribution in [0.3, 0.4) is 0 Å². The maximum absolute atomic E-state index is 15.1. The minimum Gasteiger partial charge on any atom is -0.494 e. The van der Waals surface area contributed by atoms with Crippen LogP contribution in [-0.4, -0.2) is 77.8 Å². The van der Waals surface area contributed by atoms with E-state index in [1.54, 1.807) is 32.9 Å². The first-order chi connectivity index (χ1) is 23.6. The minimum atomic E-state index is -1.19. The van der Waals surface area contributed by atoms with Crippen molar-refractivity contribution >= 4 is 40.7 Å². The number of amides is 3. The standard InChI is InChI=1S/C39H50ClN3O6/c1-6-23-41(28-17-19-29(20-18-28)48-9-4)35(45)31-32-36(46)43(25-12-10-11-13-26-44)34(39(32)22-21-38(31,8-3)49-39)37(47)42(24-7-2)33-27(5)15-14-16-30(33)40/h6-7,14-20,31-32,34,44H,1-2,8-13,21-26H2,3-5H3/t31-,32-,34?,38+,39?/m0/s1. The van der Waals surface area contributed by atoms with Gasteiger partial charge in [-0.2, -0.15) is 0 Å². The largest absolute Gasteiger partial charge is 0.494 e. The summed E-state index contributed by atoms with van der Waals surface area (Å²) >= 11 is 6.73. The molecule has 2 aromatic carbocycles. The quantitative estimate of drug-likeness (QED) is 0.150. The predicted octanol–water partition coefficient (Wildman–Crippen LogP) is 6.49. The first kappa shape index (κ1) is 36.6. The van der Waals surface area contributed by atoms with Crippen LogP contribution in [-0.2, 0) is 19.1 Å². The number of aryl methyl sites for hydroxylation is 1. The van der Waals surface area contributed by atoms with Crippen molar-refractivity contribution < 1.29 is 29.0 Å². The van der Waals surface area contributed by atoms with E-state index in [0.29, 0.717) is 67.4 Å². The van der Waals surface area contributed by atoms with E-state index in [9.17, 15) is 14.7 Å². The number of nitrogens with zero attached hydrogens (tertiary/aromatic N) is 3. The molecule has 0 saturated carbocycles. The highest BCUT2D eigenvalue weighted by Crippen LogP contribution is 2.65. The Morgan fingerprint density at radius 1 is 1.02 bits per heavy atom. The number of anilines is 2. The molecule has 10 heteroatoms. The number of rotatable bonds is 17. The number of carbonyl (C=O) groups excluding carboxylic acids is 3. The van der Waals surface area contributed by atoms with Crippen molar-refractivity contribution in [3.63, 3.8) is 0 Å². The zero-order valence-corrected chi connectivity index (χ0v) is 29.8. The number of carbonyl (C=O) groups is 3. The fraction of sp³-hybridized carbons (Fsp3) is 0.513. The number of halogens is 1. The molecule has 9 nitrogen and oxygen atoms in total. The van der Waals surface area contributed by atoms with Gasteiger partial charge in [0.1, 0.15) is 17.4 Å². The fourth-order valence-electron chi connectivity index (χ4n) is 8.40. The Labute approximate surface area is 295 Å². The number of aliphatic hydroxyl groups is 1. The number of aliphatic hydroxyl groups excluding tert-OH is 1. The molecule has 0 aromatic heterocycles. The van der Waals surface area contributed by atoms with Gasteiger partial charge in [-0.25, -0.2) is 0 Å². The Bertz CT molecular complexity index is 1530. The van der Waals surface area contributed by atoms with Crippen molar-refractivity contribution in [2.24, 2.45) is 11.8 Å². The van der Waals surface area contributed by atoms with Gasteiger partial charge >= 0.3 is 0 Å². The smallest absolute Gasteiger partial charge is 0.253 e. The van der Waals surface area contributed by atoms with Crippen LogP contribution in [0.2, 0.25) is 5.02 Å². The molecule has 5 atom stereocenters. The lowest BCUT2D eigenvalue weighted by atomic mass is 9.64. The SMILES string of the molecule is C=CCN(C(=O)[C@@H]1[C@H]2C(=O)N(CCCCCCO)C(C(=O)N(CC=C)c3c(C)cccc3Cl)C23CC[C@@]1(CC)O3)c1ccc(OCC)cc1. The van der Waals surface area contributed by atoms with Crippen molar-refractivity contribution in [3.05, 3.63) is 78.4 Å². The first-order valence-corrected chi connectivity index (χ1v) is 18.0. The second-order valence-corrected chi connectivity index (χ2v) is 13.7. The van der Waals surface area contributed by atoms with Crippen LogP contribution in [0.1, 0.15) is 64.4 Å². The van der Waals surface area contributed by atoms with Gasteiger partial charge in [0.05, 0.1) is 34.8 Å². The van der Waals surface area contributed by atoms with Crippen LogP contribution in [0.15, 0.2) is 67.8 Å². The summed E-state index contributed by atoms with van der Waals surface area (Å²) < 4.78 is 12.7. The third-order valence-corrected chi connectivity index (χ3v) is 10.9. The highest BCUT2D eigenvalue weighted by atomic mass is 35.5. The number of likely N-dealkylation sites (tertiary alicyclic amines) is 1. The maximum Gasteiger partial charge on any atom is 0.253 e. The van der Waals surface area contributed by atoms with Crippen LogP contribution in [0.25, 0.3) is 0 Å². The van der Waals surface area contributed by atoms with E-state index >= 15 is 4.79 Å². The van der Waals surface area contributed by atoms with Gasteiger partial charge in [0.15, 0.2) is 0 Å². The molecule has 3 amide bonds. The summed E-state index contributed by atoms with van der Waals surface area (Å²) in [6.45, 7) is 15.0. The van der Waals surface area contributed by atoms with Gasteiger partial charge in [0, 0.05) is 31.9 Å². The molecule has 3 aliphatic rings. The Morgan fingerprint density at radius 2 is 1.71 bits per heavy atom. The third kappa shape index (κ3) is 6.53. The van der Waals surface area contributed by atoms with E-state index in [4.69, 9.17) is 21.1 Å². The highest BCUT2D eigenvalue weighted by Gasteiger charge is 2.79. The van der Waals surface area contributed by atoms with E-state index in [2.05, 4.69) is 13.2 Å². The summed E-state index contributed by atoms with van der Waals surface area (Å²) in [5, 5.41) is 9.74. The molecule has 0 radical (unpaired) electrons. The zero-order valence-electron chi connectivity index (χ0n) is 29.0. The Kier molecular flexibility index (Phi) is 11.6. The van der Waals surface area contributed by atoms with Crippen molar-refractivity contribution in [3.8, 4) is 5.75 Å². The lowest BCUT2D eigenvalue weighted by Crippen LogP contribution is -2.57. The molecule has 2 bridgehead atoms. The monoisotopic (exact) mass is 691 g/mol. The van der Waals surface area contributed by atoms with E-state index < -0.39 is 29.1 Å². The van der Waals surface area contributed by atoms with Gasteiger partial charge in [0.25, 0.3) is 5.91 Å². The van der Waals surface area contributed by atoms with Crippen LogP contribution in [0.4, 0.5) is 11.4 Å². The summed E-state index contributed by atoms with van der Waals surface area (Å²) in [6.07, 6.45) is 7.80. The molecule has 3 saturated heterocycles. The third-order valence-electron chi connectivity index (χ3n) is 10.6. The van der Waals surface area contributed by atoms with E-state index in [1.165, 1.54) is 0 Å². The number of hydrogen-bond acceptors (Lipinski definition) is 6. The molecule has 3 fully saturated rings. The second kappa shape index (κ2) is 15.5. The summed E-state index contributed by atoms with van der Waals surface area (Å²) in [4.78, 5) is 49.8. The Morgan fingerprint density at radius 3 is 2.35 bits per heavy atom. The maximum atomic E-state index is 15.1. The molecular formula is C39H50ClN3O6. The predicted molar refractivity (Wildman–Crippen MR) is 193 cm³/mol. The Hall–Kier alpha value is -3.66. The lowest BCUT2D eigenvalue weighted by molar-refractivity contribution is -0.146. The van der Waals surface area contributed by atoms with Crippen LogP contribution in [0, 0.1) is 18.8 Å². The average molecular weight is 692 g/mol. The number of para-hydroxylation sites is 1. The van der Waals surface area contributed by atoms with Crippen LogP contribution in [0.5, 0.6) is 5.75 Å². The number of hydrogen-bond donors (Lipinski definition) is 1. The number of unbranched alkanes of at least 4 members (excludes halogenated alkanes) is 3. The molecule has 2 aromatic rings. The van der Waals surface area contributed by atoms with Gasteiger partial charge in [-0.15, -0.1) is 13.2 Å². The van der Waals surface area contributed by atoms with Gasteiger partial charge in [-0.3, -0.25) is 14.4 Å². The van der Waals surface area contributed by atoms with Crippen molar-refractivity contribution in [2.75, 3.05) is 42.6 Å². The van der Waals surface area contributed by atoms with Gasteiger partial charge in [0.2, 0.25) is 11.8 Å². The molecular weight excluding hydrogens is 642 g/mol. The summed E-state index contributed by atoms with van der Waals surface area (Å²) in [5.74, 6) is -1.68. The molecule has 264 valence electrons. The minimum absolute atomic E-state index is 0.106. The Balaban J connectivity index is 1.59.